The summed E-state index contributed by atoms with van der Waals surface area (Å²) >= 11 is 0. The minimum Gasteiger partial charge on any atom is -0.150 e. The van der Waals surface area contributed by atoms with E-state index < -0.39 is 0 Å². The van der Waals surface area contributed by atoms with Crippen LogP contribution in [0.3, 0.4) is 0 Å². The van der Waals surface area contributed by atoms with Crippen molar-refractivity contribution in [3.8, 4) is 16.8 Å². The lowest BCUT2D eigenvalue weighted by atomic mass is 10.0. The number of rotatable bonds is 1. The van der Waals surface area contributed by atoms with E-state index in [4.69, 9.17) is 0 Å². The molecule has 5 rings (SSSR count). The molecule has 1 aliphatic carbocycles. The van der Waals surface area contributed by atoms with Gasteiger partial charge in [0.25, 0.3) is 0 Å². The van der Waals surface area contributed by atoms with Gasteiger partial charge in [-0.25, -0.2) is 0 Å². The number of aryl methyl sites for hydroxylation is 2. The number of aromatic nitrogens is 2. The maximum absolute atomic E-state index is 2.36. The third-order valence-corrected chi connectivity index (χ3v) is 5.24. The van der Waals surface area contributed by atoms with Gasteiger partial charge in [0.15, 0.2) is 0 Å². The van der Waals surface area contributed by atoms with E-state index in [0.29, 0.717) is 0 Å². The fourth-order valence-corrected chi connectivity index (χ4v) is 3.96. The van der Waals surface area contributed by atoms with Gasteiger partial charge in [-0.15, -0.1) is 0 Å². The van der Waals surface area contributed by atoms with Crippen LogP contribution in [-0.2, 0) is 13.5 Å². The molecule has 1 heterocycles. The molecule has 0 unspecified atom stereocenters. The van der Waals surface area contributed by atoms with Crippen LogP contribution in [0.15, 0.2) is 66.9 Å². The normalized spacial score (nSPS) is 12.4. The number of nitrogens with zero attached hydrogens (tertiary/aromatic N) is 2. The van der Waals surface area contributed by atoms with E-state index >= 15 is 0 Å². The maximum Gasteiger partial charge on any atom is 0.238 e. The van der Waals surface area contributed by atoms with Crippen molar-refractivity contribution in [2.75, 3.05) is 0 Å². The summed E-state index contributed by atoms with van der Waals surface area (Å²) in [5.74, 6) is 0. The van der Waals surface area contributed by atoms with Crippen molar-refractivity contribution in [2.45, 2.75) is 13.3 Å². The first-order chi connectivity index (χ1) is 11.7. The van der Waals surface area contributed by atoms with Crippen molar-refractivity contribution in [1.29, 1.82) is 0 Å². The fourth-order valence-electron chi connectivity index (χ4n) is 3.96. The van der Waals surface area contributed by atoms with E-state index in [9.17, 15) is 0 Å². The van der Waals surface area contributed by atoms with E-state index in [2.05, 4.69) is 90.2 Å². The topological polar surface area (TPSA) is 8.81 Å². The highest BCUT2D eigenvalue weighted by atomic mass is 15.4. The molecule has 1 aliphatic rings. The molecule has 0 saturated heterocycles. The largest absolute Gasteiger partial charge is 0.238 e. The molecule has 0 radical (unpaired) electrons. The molecule has 0 saturated carbocycles. The van der Waals surface area contributed by atoms with Gasteiger partial charge in [-0.05, 0) is 47.7 Å². The number of hydrogen-bond acceptors (Lipinski definition) is 0. The van der Waals surface area contributed by atoms with E-state index in [1.54, 1.807) is 0 Å². The van der Waals surface area contributed by atoms with Gasteiger partial charge in [-0.1, -0.05) is 47.1 Å². The Morgan fingerprint density at radius 3 is 2.54 bits per heavy atom. The van der Waals surface area contributed by atoms with Crippen LogP contribution in [0.4, 0.5) is 0 Å². The molecule has 116 valence electrons. The minimum atomic E-state index is 1.04. The van der Waals surface area contributed by atoms with E-state index in [-0.39, 0.29) is 0 Å². The molecule has 24 heavy (non-hydrogen) atoms. The molecule has 0 N–H and O–H groups in total. The average molecular weight is 311 g/mol. The van der Waals surface area contributed by atoms with Gasteiger partial charge in [0.1, 0.15) is 5.52 Å². The molecule has 2 heteroatoms. The molecule has 1 aromatic heterocycles. The average Bonchev–Trinajstić information content (AvgIpc) is 3.11. The lowest BCUT2D eigenvalue weighted by Crippen LogP contribution is -2.39. The second-order valence-electron chi connectivity index (χ2n) is 6.69. The second kappa shape index (κ2) is 4.81. The van der Waals surface area contributed by atoms with Gasteiger partial charge < -0.3 is 0 Å². The van der Waals surface area contributed by atoms with Crippen LogP contribution in [0.1, 0.15) is 16.7 Å². The summed E-state index contributed by atoms with van der Waals surface area (Å²) in [4.78, 5) is 0. The SMILES string of the molecule is Cc1ccccc1-[n+]1cc2cc3c(cc2n1C)Cc1ccccc1-3. The summed E-state index contributed by atoms with van der Waals surface area (Å²) in [7, 11) is 2.14. The van der Waals surface area contributed by atoms with E-state index in [0.717, 1.165) is 6.42 Å². The first-order valence-corrected chi connectivity index (χ1v) is 8.41. The monoisotopic (exact) mass is 311 g/mol. The molecular weight excluding hydrogens is 292 g/mol. The lowest BCUT2D eigenvalue weighted by molar-refractivity contribution is -0.680. The summed E-state index contributed by atoms with van der Waals surface area (Å²) in [5, 5.41) is 1.29. The van der Waals surface area contributed by atoms with Gasteiger partial charge in [0.05, 0.1) is 12.4 Å². The Labute approximate surface area is 141 Å². The van der Waals surface area contributed by atoms with Gasteiger partial charge in [0.2, 0.25) is 11.9 Å². The quantitative estimate of drug-likeness (QED) is 0.407. The number of benzene rings is 3. The summed E-state index contributed by atoms with van der Waals surface area (Å²) < 4.78 is 4.50. The van der Waals surface area contributed by atoms with Crippen LogP contribution >= 0.6 is 0 Å². The zero-order chi connectivity index (χ0) is 16.3. The van der Waals surface area contributed by atoms with Crippen molar-refractivity contribution in [3.05, 3.63) is 83.6 Å². The molecule has 0 fully saturated rings. The van der Waals surface area contributed by atoms with Crippen molar-refractivity contribution >= 4 is 10.9 Å². The molecule has 0 atom stereocenters. The molecular formula is C22H19N2+. The van der Waals surface area contributed by atoms with Crippen molar-refractivity contribution in [3.63, 3.8) is 0 Å². The number of fused-ring (bicyclic) bond motifs is 4. The Morgan fingerprint density at radius 1 is 0.875 bits per heavy atom. The zero-order valence-corrected chi connectivity index (χ0v) is 14.0. The Bertz CT molecular complexity index is 1100. The van der Waals surface area contributed by atoms with Gasteiger partial charge in [0, 0.05) is 11.6 Å². The standard InChI is InChI=1S/C22H19N2/c1-15-7-3-6-10-21(15)24-14-18-12-20-17(13-22(18)23(24)2)11-16-8-4-5-9-19(16)20/h3-10,12-14H,11H2,1-2H3/q+1. The Morgan fingerprint density at radius 2 is 1.67 bits per heavy atom. The molecule has 3 aromatic carbocycles. The summed E-state index contributed by atoms with van der Waals surface area (Å²) in [5.41, 5.74) is 9.45. The van der Waals surface area contributed by atoms with Crippen LogP contribution in [0.25, 0.3) is 27.7 Å². The van der Waals surface area contributed by atoms with Gasteiger partial charge in [-0.3, -0.25) is 0 Å². The van der Waals surface area contributed by atoms with Crippen LogP contribution in [0.5, 0.6) is 0 Å². The van der Waals surface area contributed by atoms with Crippen LogP contribution in [0.2, 0.25) is 0 Å². The summed E-state index contributed by atoms with van der Waals surface area (Å²) in [6, 6.07) is 22.0. The molecule has 0 aliphatic heterocycles. The summed E-state index contributed by atoms with van der Waals surface area (Å²) in [6.07, 6.45) is 3.29. The van der Waals surface area contributed by atoms with Crippen molar-refractivity contribution in [1.82, 2.24) is 4.68 Å². The second-order valence-corrected chi connectivity index (χ2v) is 6.69. The van der Waals surface area contributed by atoms with E-state index in [1.165, 1.54) is 44.4 Å². The van der Waals surface area contributed by atoms with Crippen molar-refractivity contribution in [2.24, 2.45) is 7.05 Å². The zero-order valence-electron chi connectivity index (χ0n) is 14.0. The maximum atomic E-state index is 2.36. The predicted molar refractivity (Wildman–Crippen MR) is 97.4 cm³/mol. The first-order valence-electron chi connectivity index (χ1n) is 8.41. The third-order valence-electron chi connectivity index (χ3n) is 5.24. The first kappa shape index (κ1) is 13.6. The number of hydrogen-bond donors (Lipinski definition) is 0. The van der Waals surface area contributed by atoms with Gasteiger partial charge in [-0.2, -0.15) is 4.68 Å². The fraction of sp³-hybridized carbons (Fsp3) is 0.136. The highest BCUT2D eigenvalue weighted by molar-refractivity contribution is 5.89. The smallest absolute Gasteiger partial charge is 0.150 e. The highest BCUT2D eigenvalue weighted by Crippen LogP contribution is 2.38. The van der Waals surface area contributed by atoms with Crippen LogP contribution < -0.4 is 4.68 Å². The molecule has 0 spiro atoms. The van der Waals surface area contributed by atoms with Gasteiger partial charge >= 0.3 is 0 Å². The Hall–Kier alpha value is -2.87. The van der Waals surface area contributed by atoms with Crippen LogP contribution in [-0.4, -0.2) is 4.68 Å². The Balaban J connectivity index is 1.76. The molecule has 2 nitrogen and oxygen atoms in total. The number of para-hydroxylation sites is 1. The third kappa shape index (κ3) is 1.80. The lowest BCUT2D eigenvalue weighted by Gasteiger charge is -2.01. The molecule has 0 bridgehead atoms. The van der Waals surface area contributed by atoms with E-state index in [1.807, 2.05) is 0 Å². The predicted octanol–water partition coefficient (Wildman–Crippen LogP) is 4.33. The minimum absolute atomic E-state index is 1.04. The highest BCUT2D eigenvalue weighted by Gasteiger charge is 2.23. The molecule has 4 aromatic rings. The van der Waals surface area contributed by atoms with Crippen molar-refractivity contribution < 1.29 is 4.68 Å². The van der Waals surface area contributed by atoms with Crippen LogP contribution in [0, 0.1) is 6.92 Å². The summed E-state index contributed by atoms with van der Waals surface area (Å²) in [6.45, 7) is 2.16. The molecule has 0 amide bonds. The Kier molecular flexibility index (Phi) is 2.72.